The van der Waals surface area contributed by atoms with Crippen molar-refractivity contribution in [1.82, 2.24) is 0 Å². The number of rotatable bonds is 3. The van der Waals surface area contributed by atoms with Gasteiger partial charge < -0.3 is 10.2 Å². The molecular formula is C20H18O5. The molecule has 3 rings (SSSR count). The summed E-state index contributed by atoms with van der Waals surface area (Å²) in [6, 6.07) is 5.73. The fourth-order valence-corrected chi connectivity index (χ4v) is 3.19. The number of hydrogen-bond acceptors (Lipinski definition) is 5. The summed E-state index contributed by atoms with van der Waals surface area (Å²) in [5.74, 6) is -2.51. The van der Waals surface area contributed by atoms with E-state index in [2.05, 4.69) is 0 Å². The molecule has 0 aliphatic heterocycles. The third kappa shape index (κ3) is 2.35. The van der Waals surface area contributed by atoms with Gasteiger partial charge in [0.25, 0.3) is 0 Å². The minimum atomic E-state index is -0.654. The van der Waals surface area contributed by atoms with Gasteiger partial charge >= 0.3 is 0 Å². The monoisotopic (exact) mass is 338 g/mol. The molecule has 0 amide bonds. The maximum atomic E-state index is 12.8. The Morgan fingerprint density at radius 2 is 1.76 bits per heavy atom. The summed E-state index contributed by atoms with van der Waals surface area (Å²) in [7, 11) is 0. The van der Waals surface area contributed by atoms with Crippen LogP contribution in [0.1, 0.15) is 68.0 Å². The van der Waals surface area contributed by atoms with Gasteiger partial charge in [-0.25, -0.2) is 0 Å². The molecule has 25 heavy (non-hydrogen) atoms. The summed E-state index contributed by atoms with van der Waals surface area (Å²) in [4.78, 5) is 38.2. The molecule has 5 nitrogen and oxygen atoms in total. The molecule has 0 radical (unpaired) electrons. The van der Waals surface area contributed by atoms with Crippen molar-refractivity contribution in [1.29, 1.82) is 0 Å². The number of carbonyl (C=O) groups excluding carboxylic acids is 3. The van der Waals surface area contributed by atoms with Gasteiger partial charge in [0, 0.05) is 17.0 Å². The Hall–Kier alpha value is -2.95. The number of hydrogen-bond donors (Lipinski definition) is 2. The molecule has 2 N–H and O–H groups in total. The zero-order valence-electron chi connectivity index (χ0n) is 14.2. The number of phenolic OH excluding ortho intramolecular Hbond substituents is 2. The molecule has 0 aromatic heterocycles. The number of ketones is 3. The van der Waals surface area contributed by atoms with Gasteiger partial charge in [0.1, 0.15) is 11.5 Å². The number of Topliss-reactive ketones (excluding diaryl/α,β-unsaturated/α-hetero) is 1. The Kier molecular flexibility index (Phi) is 3.95. The van der Waals surface area contributed by atoms with Gasteiger partial charge in [-0.1, -0.05) is 26.0 Å². The quantitative estimate of drug-likeness (QED) is 0.714. The molecule has 0 saturated carbocycles. The van der Waals surface area contributed by atoms with Crippen molar-refractivity contribution >= 4 is 17.3 Å². The second-order valence-electron chi connectivity index (χ2n) is 6.37. The van der Waals surface area contributed by atoms with E-state index in [0.717, 1.165) is 0 Å². The van der Waals surface area contributed by atoms with Crippen LogP contribution in [0.4, 0.5) is 0 Å². The Bertz CT molecular complexity index is 940. The number of aryl methyl sites for hydroxylation is 1. The lowest BCUT2D eigenvalue weighted by Gasteiger charge is -2.22. The van der Waals surface area contributed by atoms with E-state index in [4.69, 9.17) is 0 Å². The first-order chi connectivity index (χ1) is 11.8. The molecular weight excluding hydrogens is 320 g/mol. The third-order valence-electron chi connectivity index (χ3n) is 4.79. The molecule has 5 heteroatoms. The van der Waals surface area contributed by atoms with Crippen LogP contribution in [0.2, 0.25) is 0 Å². The van der Waals surface area contributed by atoms with Gasteiger partial charge in [0.15, 0.2) is 11.6 Å². The van der Waals surface area contributed by atoms with Crippen LogP contribution >= 0.6 is 0 Å². The molecule has 0 bridgehead atoms. The minimum Gasteiger partial charge on any atom is -0.507 e. The molecule has 128 valence electrons. The predicted octanol–water partition coefficient (Wildman–Crippen LogP) is 3.41. The van der Waals surface area contributed by atoms with Gasteiger partial charge in [-0.2, -0.15) is 0 Å². The topological polar surface area (TPSA) is 91.7 Å². The van der Waals surface area contributed by atoms with E-state index in [1.807, 2.05) is 6.92 Å². The molecule has 0 heterocycles. The van der Waals surface area contributed by atoms with Gasteiger partial charge in [-0.15, -0.1) is 0 Å². The van der Waals surface area contributed by atoms with Crippen molar-refractivity contribution in [3.8, 4) is 11.5 Å². The smallest absolute Gasteiger partial charge is 0.201 e. The van der Waals surface area contributed by atoms with Gasteiger partial charge in [-0.05, 0) is 31.0 Å². The van der Waals surface area contributed by atoms with Crippen molar-refractivity contribution in [2.24, 2.45) is 5.92 Å². The highest BCUT2D eigenvalue weighted by molar-refractivity contribution is 6.31. The normalized spacial score (nSPS) is 14.0. The Balaban J connectivity index is 2.31. The number of fused-ring (bicyclic) bond motifs is 2. The summed E-state index contributed by atoms with van der Waals surface area (Å²) in [5, 5.41) is 20.7. The van der Waals surface area contributed by atoms with E-state index in [1.54, 1.807) is 13.8 Å². The van der Waals surface area contributed by atoms with Crippen molar-refractivity contribution in [3.05, 3.63) is 57.6 Å². The van der Waals surface area contributed by atoms with E-state index in [1.165, 1.54) is 24.3 Å². The molecule has 0 spiro atoms. The SMILES string of the molecule is CC[C@H](C)C(=O)c1c(C)cc2c(c1O)C(=O)c1c(O)cccc1C2=O. The second kappa shape index (κ2) is 5.84. The fourth-order valence-electron chi connectivity index (χ4n) is 3.19. The average Bonchev–Trinajstić information content (AvgIpc) is 2.58. The second-order valence-corrected chi connectivity index (χ2v) is 6.37. The summed E-state index contributed by atoms with van der Waals surface area (Å²) >= 11 is 0. The molecule has 0 saturated heterocycles. The number of phenols is 2. The van der Waals surface area contributed by atoms with Gasteiger partial charge in [0.05, 0.1) is 16.7 Å². The van der Waals surface area contributed by atoms with Crippen LogP contribution in [-0.2, 0) is 0 Å². The molecule has 1 aliphatic carbocycles. The molecule has 2 aromatic carbocycles. The molecule has 2 aromatic rings. The highest BCUT2D eigenvalue weighted by Gasteiger charge is 2.36. The first-order valence-corrected chi connectivity index (χ1v) is 8.11. The van der Waals surface area contributed by atoms with E-state index >= 15 is 0 Å². The van der Waals surface area contributed by atoms with E-state index in [9.17, 15) is 24.6 Å². The largest absolute Gasteiger partial charge is 0.507 e. The van der Waals surface area contributed by atoms with Crippen LogP contribution in [0.3, 0.4) is 0 Å². The molecule has 0 fully saturated rings. The lowest BCUT2D eigenvalue weighted by atomic mass is 9.79. The lowest BCUT2D eigenvalue weighted by Crippen LogP contribution is -2.23. The van der Waals surface area contributed by atoms with Crippen LogP contribution in [0.25, 0.3) is 0 Å². The van der Waals surface area contributed by atoms with E-state index < -0.39 is 17.3 Å². The maximum absolute atomic E-state index is 12.8. The van der Waals surface area contributed by atoms with Gasteiger partial charge in [0.2, 0.25) is 5.78 Å². The van der Waals surface area contributed by atoms with Crippen molar-refractivity contribution < 1.29 is 24.6 Å². The first-order valence-electron chi connectivity index (χ1n) is 8.11. The third-order valence-corrected chi connectivity index (χ3v) is 4.79. The standard InChI is InChI=1S/C20H18O5/c1-4-9(2)17(22)14-10(3)8-12-16(19(14)24)20(25)15-11(18(12)23)6-5-7-13(15)21/h5-9,21,24H,4H2,1-3H3/t9-/m0/s1. The van der Waals surface area contributed by atoms with Gasteiger partial charge in [-0.3, -0.25) is 14.4 Å². The number of carbonyl (C=O) groups is 3. The summed E-state index contributed by atoms with van der Waals surface area (Å²) in [5.41, 5.74) is 0.313. The summed E-state index contributed by atoms with van der Waals surface area (Å²) in [6.45, 7) is 5.23. The number of benzene rings is 2. The van der Waals surface area contributed by atoms with Crippen LogP contribution in [0.5, 0.6) is 11.5 Å². The Morgan fingerprint density at radius 3 is 2.40 bits per heavy atom. The highest BCUT2D eigenvalue weighted by atomic mass is 16.3. The van der Waals surface area contributed by atoms with Crippen LogP contribution in [-0.4, -0.2) is 27.6 Å². The lowest BCUT2D eigenvalue weighted by molar-refractivity contribution is 0.0921. The minimum absolute atomic E-state index is 0.0544. The molecule has 1 aliphatic rings. The summed E-state index contributed by atoms with van der Waals surface area (Å²) in [6.07, 6.45) is 0.589. The molecule has 0 unspecified atom stereocenters. The zero-order valence-corrected chi connectivity index (χ0v) is 14.2. The van der Waals surface area contributed by atoms with E-state index in [0.29, 0.717) is 12.0 Å². The van der Waals surface area contributed by atoms with E-state index in [-0.39, 0.29) is 45.3 Å². The predicted molar refractivity (Wildman–Crippen MR) is 91.6 cm³/mol. The summed E-state index contributed by atoms with van der Waals surface area (Å²) < 4.78 is 0. The fraction of sp³-hybridized carbons (Fsp3) is 0.250. The first kappa shape index (κ1) is 16.9. The van der Waals surface area contributed by atoms with Crippen molar-refractivity contribution in [3.63, 3.8) is 0 Å². The van der Waals surface area contributed by atoms with Crippen molar-refractivity contribution in [2.75, 3.05) is 0 Å². The van der Waals surface area contributed by atoms with Crippen molar-refractivity contribution in [2.45, 2.75) is 27.2 Å². The average molecular weight is 338 g/mol. The zero-order chi connectivity index (χ0) is 18.5. The van der Waals surface area contributed by atoms with Crippen LogP contribution in [0, 0.1) is 12.8 Å². The number of aromatic hydroxyl groups is 2. The maximum Gasteiger partial charge on any atom is 0.201 e. The Labute approximate surface area is 144 Å². The van der Waals surface area contributed by atoms with Crippen LogP contribution in [0.15, 0.2) is 24.3 Å². The highest BCUT2D eigenvalue weighted by Crippen LogP contribution is 2.40. The molecule has 1 atom stereocenters. The van der Waals surface area contributed by atoms with Crippen LogP contribution < -0.4 is 0 Å². The Morgan fingerprint density at radius 1 is 1.08 bits per heavy atom.